The van der Waals surface area contributed by atoms with Gasteiger partial charge in [-0.2, -0.15) is 0 Å². The zero-order valence-corrected chi connectivity index (χ0v) is 15.9. The van der Waals surface area contributed by atoms with E-state index in [1.54, 1.807) is 0 Å². The van der Waals surface area contributed by atoms with Crippen molar-refractivity contribution in [2.24, 2.45) is 22.7 Å². The van der Waals surface area contributed by atoms with Crippen molar-refractivity contribution in [2.45, 2.75) is 83.2 Å². The summed E-state index contributed by atoms with van der Waals surface area (Å²) in [5.41, 5.74) is 0. The average Bonchev–Trinajstić information content (AvgIpc) is 3.42. The number of hydrogen-bond donors (Lipinski definition) is 2. The van der Waals surface area contributed by atoms with Gasteiger partial charge in [0.2, 0.25) is 0 Å². The van der Waals surface area contributed by atoms with E-state index in [1.807, 2.05) is 14.0 Å². The maximum absolute atomic E-state index is 11.8. The Labute approximate surface area is 152 Å². The molecule has 2 unspecified atom stereocenters. The lowest BCUT2D eigenvalue weighted by Crippen LogP contribution is -2.46. The molecule has 2 N–H and O–H groups in total. The summed E-state index contributed by atoms with van der Waals surface area (Å²) in [7, 11) is 1.86. The number of nitrogens with one attached hydrogen (secondary N) is 2. The molecule has 3 aliphatic carbocycles. The van der Waals surface area contributed by atoms with Crippen LogP contribution < -0.4 is 10.6 Å². The molecule has 0 aromatic rings. The highest BCUT2D eigenvalue weighted by Gasteiger charge is 2.43. The molecule has 5 nitrogen and oxygen atoms in total. The van der Waals surface area contributed by atoms with Crippen molar-refractivity contribution in [3.63, 3.8) is 0 Å². The van der Waals surface area contributed by atoms with Gasteiger partial charge < -0.3 is 15.4 Å². The van der Waals surface area contributed by atoms with Crippen molar-refractivity contribution in [3.8, 4) is 0 Å². The zero-order chi connectivity index (χ0) is 17.6. The first kappa shape index (κ1) is 18.5. The molecule has 3 rings (SSSR count). The number of guanidine groups is 1. The number of ether oxygens (including phenoxy) is 1. The summed E-state index contributed by atoms with van der Waals surface area (Å²) in [6.45, 7) is 2.36. The topological polar surface area (TPSA) is 62.7 Å². The SMILES string of the molecule is CCOC(=O)C1CCC(NC(=NC)NC2CC2C2CCCCC2)CC1. The summed E-state index contributed by atoms with van der Waals surface area (Å²) >= 11 is 0. The molecular weight excluding hydrogens is 314 g/mol. The third kappa shape index (κ3) is 5.11. The fraction of sp³-hybridized carbons (Fsp3) is 0.900. The van der Waals surface area contributed by atoms with E-state index in [0.29, 0.717) is 18.7 Å². The molecule has 3 aliphatic rings. The average molecular weight is 350 g/mol. The van der Waals surface area contributed by atoms with Gasteiger partial charge in [0.05, 0.1) is 12.5 Å². The summed E-state index contributed by atoms with van der Waals surface area (Å²) in [5, 5.41) is 7.22. The first-order valence-corrected chi connectivity index (χ1v) is 10.4. The normalized spacial score (nSPS) is 33.6. The quantitative estimate of drug-likeness (QED) is 0.454. The monoisotopic (exact) mass is 349 g/mol. The molecule has 25 heavy (non-hydrogen) atoms. The second-order valence-electron chi connectivity index (χ2n) is 8.07. The zero-order valence-electron chi connectivity index (χ0n) is 15.9. The molecule has 0 heterocycles. The molecule has 0 aromatic carbocycles. The number of carbonyl (C=O) groups is 1. The summed E-state index contributed by atoms with van der Waals surface area (Å²) in [4.78, 5) is 16.3. The van der Waals surface area contributed by atoms with Crippen molar-refractivity contribution >= 4 is 11.9 Å². The third-order valence-electron chi connectivity index (χ3n) is 6.33. The molecule has 0 amide bonds. The molecule has 3 saturated carbocycles. The number of nitrogens with zero attached hydrogens (tertiary/aromatic N) is 1. The van der Waals surface area contributed by atoms with Gasteiger partial charge in [0, 0.05) is 19.1 Å². The van der Waals surface area contributed by atoms with Gasteiger partial charge in [-0.25, -0.2) is 0 Å². The van der Waals surface area contributed by atoms with Gasteiger partial charge in [-0.3, -0.25) is 9.79 Å². The van der Waals surface area contributed by atoms with Gasteiger partial charge in [0.25, 0.3) is 0 Å². The minimum atomic E-state index is -0.0169. The summed E-state index contributed by atoms with van der Waals surface area (Å²) in [6, 6.07) is 1.04. The van der Waals surface area contributed by atoms with Crippen molar-refractivity contribution in [1.29, 1.82) is 0 Å². The van der Waals surface area contributed by atoms with Crippen LogP contribution in [0.15, 0.2) is 4.99 Å². The highest BCUT2D eigenvalue weighted by Crippen LogP contribution is 2.44. The highest BCUT2D eigenvalue weighted by atomic mass is 16.5. The maximum Gasteiger partial charge on any atom is 0.308 e. The van der Waals surface area contributed by atoms with E-state index in [9.17, 15) is 4.79 Å². The molecule has 142 valence electrons. The van der Waals surface area contributed by atoms with E-state index >= 15 is 0 Å². The van der Waals surface area contributed by atoms with E-state index in [4.69, 9.17) is 4.74 Å². The first-order valence-electron chi connectivity index (χ1n) is 10.4. The number of rotatable bonds is 5. The van der Waals surface area contributed by atoms with Crippen LogP contribution in [0.4, 0.5) is 0 Å². The van der Waals surface area contributed by atoms with Gasteiger partial charge in [0.15, 0.2) is 5.96 Å². The second kappa shape index (κ2) is 8.91. The molecule has 3 fully saturated rings. The maximum atomic E-state index is 11.8. The first-order chi connectivity index (χ1) is 12.2. The molecule has 0 radical (unpaired) electrons. The molecule has 0 bridgehead atoms. The van der Waals surface area contributed by atoms with E-state index in [0.717, 1.165) is 43.5 Å². The Balaban J connectivity index is 1.38. The third-order valence-corrected chi connectivity index (χ3v) is 6.33. The van der Waals surface area contributed by atoms with E-state index in [2.05, 4.69) is 15.6 Å². The van der Waals surface area contributed by atoms with Gasteiger partial charge in [0.1, 0.15) is 0 Å². The Hall–Kier alpha value is -1.26. The van der Waals surface area contributed by atoms with Crippen LogP contribution in [0.5, 0.6) is 0 Å². The minimum absolute atomic E-state index is 0.0169. The Morgan fingerprint density at radius 2 is 1.76 bits per heavy atom. The standard InChI is InChI=1S/C20H35N3O2/c1-3-25-19(24)15-9-11-16(12-10-15)22-20(21-2)23-18-13-17(18)14-7-5-4-6-8-14/h14-18H,3-13H2,1-2H3,(H2,21,22,23). The van der Waals surface area contributed by atoms with Crippen molar-refractivity contribution in [2.75, 3.05) is 13.7 Å². The minimum Gasteiger partial charge on any atom is -0.466 e. The summed E-state index contributed by atoms with van der Waals surface area (Å²) < 4.78 is 5.15. The van der Waals surface area contributed by atoms with Crippen LogP contribution in [0, 0.1) is 17.8 Å². The Morgan fingerprint density at radius 1 is 1.04 bits per heavy atom. The summed E-state index contributed by atoms with van der Waals surface area (Å²) in [5.74, 6) is 2.81. The predicted octanol–water partition coefficient (Wildman–Crippen LogP) is 3.24. The Morgan fingerprint density at radius 3 is 2.40 bits per heavy atom. The second-order valence-corrected chi connectivity index (χ2v) is 8.07. The van der Waals surface area contributed by atoms with Crippen LogP contribution in [-0.4, -0.2) is 37.7 Å². The van der Waals surface area contributed by atoms with Gasteiger partial charge in [-0.05, 0) is 50.9 Å². The predicted molar refractivity (Wildman–Crippen MR) is 100 cm³/mol. The number of esters is 1. The largest absolute Gasteiger partial charge is 0.466 e. The molecule has 5 heteroatoms. The fourth-order valence-corrected chi connectivity index (χ4v) is 4.74. The Bertz CT molecular complexity index is 466. The number of carbonyl (C=O) groups excluding carboxylic acids is 1. The molecule has 0 aromatic heterocycles. The van der Waals surface area contributed by atoms with E-state index in [-0.39, 0.29) is 11.9 Å². The molecule has 2 atom stereocenters. The smallest absolute Gasteiger partial charge is 0.308 e. The lowest BCUT2D eigenvalue weighted by atomic mass is 9.85. The Kier molecular flexibility index (Phi) is 6.60. The van der Waals surface area contributed by atoms with E-state index < -0.39 is 0 Å². The van der Waals surface area contributed by atoms with Crippen LogP contribution in [0.2, 0.25) is 0 Å². The lowest BCUT2D eigenvalue weighted by Gasteiger charge is -2.29. The molecule has 0 spiro atoms. The van der Waals surface area contributed by atoms with Crippen LogP contribution in [0.3, 0.4) is 0 Å². The summed E-state index contributed by atoms with van der Waals surface area (Å²) in [6.07, 6.45) is 12.3. The van der Waals surface area contributed by atoms with E-state index in [1.165, 1.54) is 38.5 Å². The number of hydrogen-bond acceptors (Lipinski definition) is 3. The van der Waals surface area contributed by atoms with Crippen LogP contribution in [-0.2, 0) is 9.53 Å². The van der Waals surface area contributed by atoms with Crippen molar-refractivity contribution in [1.82, 2.24) is 10.6 Å². The lowest BCUT2D eigenvalue weighted by molar-refractivity contribution is -0.149. The number of aliphatic imine (C=N–C) groups is 1. The van der Waals surface area contributed by atoms with Crippen LogP contribution in [0.25, 0.3) is 0 Å². The van der Waals surface area contributed by atoms with Gasteiger partial charge in [-0.15, -0.1) is 0 Å². The van der Waals surface area contributed by atoms with Crippen molar-refractivity contribution < 1.29 is 9.53 Å². The van der Waals surface area contributed by atoms with Crippen molar-refractivity contribution in [3.05, 3.63) is 0 Å². The highest BCUT2D eigenvalue weighted by molar-refractivity contribution is 5.80. The fourth-order valence-electron chi connectivity index (χ4n) is 4.74. The molecule has 0 saturated heterocycles. The van der Waals surface area contributed by atoms with Gasteiger partial charge >= 0.3 is 5.97 Å². The van der Waals surface area contributed by atoms with Crippen LogP contribution >= 0.6 is 0 Å². The molecule has 0 aliphatic heterocycles. The van der Waals surface area contributed by atoms with Gasteiger partial charge in [-0.1, -0.05) is 32.1 Å². The molecular formula is C20H35N3O2. The van der Waals surface area contributed by atoms with Crippen LogP contribution in [0.1, 0.15) is 71.1 Å².